The third-order valence-corrected chi connectivity index (χ3v) is 3.35. The van der Waals surface area contributed by atoms with Crippen LogP contribution in [-0.4, -0.2) is 4.98 Å². The molecule has 1 aromatic rings. The van der Waals surface area contributed by atoms with Gasteiger partial charge in [-0.2, -0.15) is 0 Å². The van der Waals surface area contributed by atoms with Crippen molar-refractivity contribution in [3.05, 3.63) is 28.2 Å². The van der Waals surface area contributed by atoms with Gasteiger partial charge >= 0.3 is 0 Å². The molecule has 3 heteroatoms. The van der Waals surface area contributed by atoms with Crippen LogP contribution in [0.2, 0.25) is 0 Å². The second-order valence-corrected chi connectivity index (χ2v) is 4.49. The molecule has 1 atom stereocenters. The van der Waals surface area contributed by atoms with Gasteiger partial charge < -0.3 is 5.73 Å². The van der Waals surface area contributed by atoms with Gasteiger partial charge in [0.2, 0.25) is 0 Å². The number of rotatable bonds is 2. The molecule has 1 aliphatic carbocycles. The van der Waals surface area contributed by atoms with E-state index in [-0.39, 0.29) is 6.04 Å². The summed E-state index contributed by atoms with van der Waals surface area (Å²) in [5.41, 5.74) is 10.4. The van der Waals surface area contributed by atoms with Gasteiger partial charge in [-0.15, -0.1) is 11.3 Å². The monoisotopic (exact) mass is 208 g/mol. The molecule has 14 heavy (non-hydrogen) atoms. The molecule has 1 unspecified atom stereocenters. The molecule has 0 bridgehead atoms. The lowest BCUT2D eigenvalue weighted by molar-refractivity contribution is 0.684. The molecule has 1 aliphatic rings. The van der Waals surface area contributed by atoms with Crippen molar-refractivity contribution in [3.8, 4) is 0 Å². The molecule has 0 amide bonds. The summed E-state index contributed by atoms with van der Waals surface area (Å²) in [5, 5.41) is 2.05. The summed E-state index contributed by atoms with van der Waals surface area (Å²) in [7, 11) is 0. The fourth-order valence-electron chi connectivity index (χ4n) is 1.89. The molecule has 0 aromatic carbocycles. The summed E-state index contributed by atoms with van der Waals surface area (Å²) >= 11 is 1.62. The predicted octanol–water partition coefficient (Wildman–Crippen LogP) is 3.03. The van der Waals surface area contributed by atoms with E-state index in [0.717, 1.165) is 12.1 Å². The van der Waals surface area contributed by atoms with Crippen LogP contribution >= 0.6 is 11.3 Å². The normalized spacial score (nSPS) is 19.9. The van der Waals surface area contributed by atoms with Gasteiger partial charge in [0.05, 0.1) is 17.2 Å². The standard InChI is InChI=1S/C11H16N2S/c12-11(10-7-14-8-13-10)9-5-3-1-2-4-6-9/h5,7-8,11H,1-4,6,12H2. The topological polar surface area (TPSA) is 38.9 Å². The van der Waals surface area contributed by atoms with Gasteiger partial charge in [0.1, 0.15) is 0 Å². The van der Waals surface area contributed by atoms with E-state index in [9.17, 15) is 0 Å². The number of aromatic nitrogens is 1. The zero-order chi connectivity index (χ0) is 9.80. The van der Waals surface area contributed by atoms with E-state index in [2.05, 4.69) is 16.4 Å². The fraction of sp³-hybridized carbons (Fsp3) is 0.545. The van der Waals surface area contributed by atoms with Crippen molar-refractivity contribution in [2.24, 2.45) is 5.73 Å². The van der Waals surface area contributed by atoms with E-state index in [4.69, 9.17) is 5.73 Å². The lowest BCUT2D eigenvalue weighted by Gasteiger charge is -2.12. The highest BCUT2D eigenvalue weighted by Crippen LogP contribution is 2.26. The minimum Gasteiger partial charge on any atom is -0.319 e. The van der Waals surface area contributed by atoms with Crippen LogP contribution < -0.4 is 5.73 Å². The molecular formula is C11H16N2S. The Hall–Kier alpha value is -0.670. The van der Waals surface area contributed by atoms with Crippen LogP contribution in [0.25, 0.3) is 0 Å². The largest absolute Gasteiger partial charge is 0.319 e. The van der Waals surface area contributed by atoms with E-state index in [1.807, 2.05) is 5.51 Å². The molecule has 2 nitrogen and oxygen atoms in total. The van der Waals surface area contributed by atoms with E-state index < -0.39 is 0 Å². The second-order valence-electron chi connectivity index (χ2n) is 3.77. The Kier molecular flexibility index (Phi) is 3.32. The van der Waals surface area contributed by atoms with Gasteiger partial charge in [0, 0.05) is 5.38 Å². The Morgan fingerprint density at radius 1 is 1.36 bits per heavy atom. The Bertz CT molecular complexity index is 303. The molecule has 76 valence electrons. The van der Waals surface area contributed by atoms with Crippen molar-refractivity contribution in [3.63, 3.8) is 0 Å². The maximum atomic E-state index is 6.16. The molecular weight excluding hydrogens is 192 g/mol. The molecule has 0 saturated heterocycles. The maximum absolute atomic E-state index is 6.16. The molecule has 2 N–H and O–H groups in total. The van der Waals surface area contributed by atoms with Crippen molar-refractivity contribution >= 4 is 11.3 Å². The third kappa shape index (κ3) is 2.22. The van der Waals surface area contributed by atoms with Crippen molar-refractivity contribution in [1.82, 2.24) is 4.98 Å². The van der Waals surface area contributed by atoms with Crippen molar-refractivity contribution in [1.29, 1.82) is 0 Å². The summed E-state index contributed by atoms with van der Waals surface area (Å²) in [5.74, 6) is 0. The van der Waals surface area contributed by atoms with Crippen LogP contribution in [0, 0.1) is 0 Å². The molecule has 0 radical (unpaired) electrons. The molecule has 0 aliphatic heterocycles. The number of allylic oxidation sites excluding steroid dienone is 1. The minimum atomic E-state index is 0.0411. The van der Waals surface area contributed by atoms with Crippen molar-refractivity contribution in [2.75, 3.05) is 0 Å². The summed E-state index contributed by atoms with van der Waals surface area (Å²) in [6.45, 7) is 0. The first kappa shape index (κ1) is 9.87. The van der Waals surface area contributed by atoms with Gasteiger partial charge in [-0.25, -0.2) is 4.98 Å². The molecule has 0 saturated carbocycles. The number of nitrogens with zero attached hydrogens (tertiary/aromatic N) is 1. The Morgan fingerprint density at radius 3 is 3.07 bits per heavy atom. The summed E-state index contributed by atoms with van der Waals surface area (Å²) in [6, 6.07) is 0.0411. The van der Waals surface area contributed by atoms with Crippen molar-refractivity contribution in [2.45, 2.75) is 38.1 Å². The van der Waals surface area contributed by atoms with E-state index in [1.165, 1.54) is 31.3 Å². The Balaban J connectivity index is 2.10. The first-order valence-electron chi connectivity index (χ1n) is 5.20. The van der Waals surface area contributed by atoms with Crippen molar-refractivity contribution < 1.29 is 0 Å². The molecule has 0 fully saturated rings. The first-order valence-corrected chi connectivity index (χ1v) is 6.15. The van der Waals surface area contributed by atoms with Gasteiger partial charge in [0.15, 0.2) is 0 Å². The van der Waals surface area contributed by atoms with Gasteiger partial charge in [0.25, 0.3) is 0 Å². The average molecular weight is 208 g/mol. The minimum absolute atomic E-state index is 0.0411. The smallest absolute Gasteiger partial charge is 0.0795 e. The zero-order valence-electron chi connectivity index (χ0n) is 8.28. The first-order chi connectivity index (χ1) is 6.88. The molecule has 1 aromatic heterocycles. The van der Waals surface area contributed by atoms with E-state index >= 15 is 0 Å². The summed E-state index contributed by atoms with van der Waals surface area (Å²) < 4.78 is 0. The summed E-state index contributed by atoms with van der Waals surface area (Å²) in [6.07, 6.45) is 8.59. The number of hydrogen-bond donors (Lipinski definition) is 1. The van der Waals surface area contributed by atoms with E-state index in [1.54, 1.807) is 11.3 Å². The van der Waals surface area contributed by atoms with Crippen LogP contribution in [0.1, 0.15) is 43.8 Å². The molecule has 1 heterocycles. The van der Waals surface area contributed by atoms with E-state index in [0.29, 0.717) is 0 Å². The zero-order valence-corrected chi connectivity index (χ0v) is 9.09. The quantitative estimate of drug-likeness (QED) is 0.759. The maximum Gasteiger partial charge on any atom is 0.0795 e. The Labute approximate surface area is 88.9 Å². The highest BCUT2D eigenvalue weighted by molar-refractivity contribution is 7.07. The SMILES string of the molecule is NC(C1=CCCCCC1)c1cscn1. The van der Waals surface area contributed by atoms with Gasteiger partial charge in [-0.05, 0) is 25.7 Å². The highest BCUT2D eigenvalue weighted by atomic mass is 32.1. The molecule has 0 spiro atoms. The Morgan fingerprint density at radius 2 is 2.29 bits per heavy atom. The third-order valence-electron chi connectivity index (χ3n) is 2.75. The van der Waals surface area contributed by atoms with Crippen LogP contribution in [0.15, 0.2) is 22.5 Å². The number of thiazole rings is 1. The van der Waals surface area contributed by atoms with Crippen LogP contribution in [0.5, 0.6) is 0 Å². The highest BCUT2D eigenvalue weighted by Gasteiger charge is 2.14. The molecule has 2 rings (SSSR count). The van der Waals surface area contributed by atoms with Crippen LogP contribution in [0.3, 0.4) is 0 Å². The average Bonchev–Trinajstić information content (AvgIpc) is 2.59. The lowest BCUT2D eigenvalue weighted by Crippen LogP contribution is -2.13. The summed E-state index contributed by atoms with van der Waals surface area (Å²) in [4.78, 5) is 4.27. The van der Waals surface area contributed by atoms with Gasteiger partial charge in [-0.1, -0.05) is 18.1 Å². The van der Waals surface area contributed by atoms with Crippen LogP contribution in [0.4, 0.5) is 0 Å². The fourth-order valence-corrected chi connectivity index (χ4v) is 2.48. The second kappa shape index (κ2) is 4.71. The predicted molar refractivity (Wildman–Crippen MR) is 60.2 cm³/mol. The number of hydrogen-bond acceptors (Lipinski definition) is 3. The van der Waals surface area contributed by atoms with Gasteiger partial charge in [-0.3, -0.25) is 0 Å². The lowest BCUT2D eigenvalue weighted by atomic mass is 10.0. The van der Waals surface area contributed by atoms with Crippen LogP contribution in [-0.2, 0) is 0 Å². The number of nitrogens with two attached hydrogens (primary N) is 1.